The summed E-state index contributed by atoms with van der Waals surface area (Å²) in [6.07, 6.45) is 0. The average Bonchev–Trinajstić information content (AvgIpc) is 2.93. The van der Waals surface area contributed by atoms with Crippen molar-refractivity contribution in [2.45, 2.75) is 13.0 Å². The van der Waals surface area contributed by atoms with Crippen molar-refractivity contribution in [1.82, 2.24) is 5.32 Å². The van der Waals surface area contributed by atoms with E-state index in [9.17, 15) is 4.79 Å². The lowest BCUT2D eigenvalue weighted by Gasteiger charge is -2.20. The summed E-state index contributed by atoms with van der Waals surface area (Å²) >= 11 is 3.18. The number of benzene rings is 1. The number of hydrogen-bond acceptors (Lipinski definition) is 4. The fourth-order valence-electron chi connectivity index (χ4n) is 2.12. The van der Waals surface area contributed by atoms with Crippen molar-refractivity contribution in [3.05, 3.63) is 46.3 Å². The highest BCUT2D eigenvalue weighted by Gasteiger charge is 2.17. The summed E-state index contributed by atoms with van der Waals surface area (Å²) in [5, 5.41) is 2.88. The van der Waals surface area contributed by atoms with Gasteiger partial charge in [-0.25, -0.2) is 0 Å². The maximum atomic E-state index is 12.0. The summed E-state index contributed by atoms with van der Waals surface area (Å²) in [7, 11) is 0. The monoisotopic (exact) mass is 351 g/mol. The van der Waals surface area contributed by atoms with E-state index in [2.05, 4.69) is 21.2 Å². The molecular weight excluding hydrogens is 338 g/mol. The Morgan fingerprint density at radius 3 is 2.67 bits per heavy atom. The third-order valence-electron chi connectivity index (χ3n) is 3.21. The highest BCUT2D eigenvalue weighted by molar-refractivity contribution is 9.10. The van der Waals surface area contributed by atoms with Crippen molar-refractivity contribution in [2.75, 3.05) is 13.2 Å². The summed E-state index contributed by atoms with van der Waals surface area (Å²) in [6.45, 7) is 3.00. The second-order valence-corrected chi connectivity index (χ2v) is 5.48. The molecule has 0 spiro atoms. The van der Waals surface area contributed by atoms with E-state index in [1.165, 1.54) is 0 Å². The van der Waals surface area contributed by atoms with Crippen LogP contribution in [0.15, 0.2) is 39.4 Å². The second-order valence-electron chi connectivity index (χ2n) is 4.70. The third-order valence-corrected chi connectivity index (χ3v) is 3.64. The largest absolute Gasteiger partial charge is 0.486 e. The predicted molar refractivity (Wildman–Crippen MR) is 79.7 cm³/mol. The highest BCUT2D eigenvalue weighted by Crippen LogP contribution is 2.32. The van der Waals surface area contributed by atoms with Gasteiger partial charge in [-0.05, 0) is 52.7 Å². The van der Waals surface area contributed by atoms with Gasteiger partial charge in [0.15, 0.2) is 21.9 Å². The summed E-state index contributed by atoms with van der Waals surface area (Å²) in [6, 6.07) is 8.79. The van der Waals surface area contributed by atoms with Crippen molar-refractivity contribution in [3.63, 3.8) is 0 Å². The van der Waals surface area contributed by atoms with Gasteiger partial charge in [0.1, 0.15) is 13.2 Å². The van der Waals surface area contributed by atoms with E-state index in [0.29, 0.717) is 23.6 Å². The van der Waals surface area contributed by atoms with E-state index in [1.54, 1.807) is 12.1 Å². The molecule has 6 heteroatoms. The molecule has 5 nitrogen and oxygen atoms in total. The van der Waals surface area contributed by atoms with Crippen molar-refractivity contribution in [2.24, 2.45) is 0 Å². The van der Waals surface area contributed by atoms with E-state index in [0.717, 1.165) is 11.3 Å². The Balaban J connectivity index is 1.73. The molecule has 2 aromatic rings. The Bertz CT molecular complexity index is 667. The first-order valence-corrected chi connectivity index (χ1v) is 7.38. The molecule has 1 amide bonds. The first-order chi connectivity index (χ1) is 10.1. The van der Waals surface area contributed by atoms with E-state index in [4.69, 9.17) is 13.9 Å². The Kier molecular flexibility index (Phi) is 3.88. The summed E-state index contributed by atoms with van der Waals surface area (Å²) in [4.78, 5) is 12.0. The molecule has 1 unspecified atom stereocenters. The number of rotatable bonds is 3. The van der Waals surface area contributed by atoms with Crippen LogP contribution in [0.2, 0.25) is 0 Å². The molecule has 0 saturated carbocycles. The quantitative estimate of drug-likeness (QED) is 0.921. The van der Waals surface area contributed by atoms with Gasteiger partial charge in [0.05, 0.1) is 6.04 Å². The number of nitrogens with one attached hydrogen (secondary N) is 1. The van der Waals surface area contributed by atoms with Crippen LogP contribution in [0.5, 0.6) is 11.5 Å². The van der Waals surface area contributed by atoms with Gasteiger partial charge in [-0.15, -0.1) is 0 Å². The zero-order chi connectivity index (χ0) is 14.8. The smallest absolute Gasteiger partial charge is 0.287 e. The molecule has 1 atom stereocenters. The fraction of sp³-hybridized carbons (Fsp3) is 0.267. The molecule has 1 aliphatic rings. The molecule has 1 aliphatic heterocycles. The van der Waals surface area contributed by atoms with Crippen LogP contribution in [-0.4, -0.2) is 19.1 Å². The Morgan fingerprint density at radius 2 is 1.95 bits per heavy atom. The zero-order valence-electron chi connectivity index (χ0n) is 11.4. The number of halogens is 1. The normalized spacial score (nSPS) is 14.6. The lowest BCUT2D eigenvalue weighted by molar-refractivity contribution is 0.0910. The Labute approximate surface area is 130 Å². The molecule has 0 aliphatic carbocycles. The van der Waals surface area contributed by atoms with Crippen LogP contribution in [0.1, 0.15) is 29.1 Å². The van der Waals surface area contributed by atoms with Gasteiger partial charge >= 0.3 is 0 Å². The van der Waals surface area contributed by atoms with E-state index >= 15 is 0 Å². The molecule has 0 bridgehead atoms. The highest BCUT2D eigenvalue weighted by atomic mass is 79.9. The third kappa shape index (κ3) is 3.05. The van der Waals surface area contributed by atoms with Crippen molar-refractivity contribution in [1.29, 1.82) is 0 Å². The standard InChI is InChI=1S/C15H14BrNO4/c1-9(17-15(18)12-4-5-14(16)21-12)10-2-3-11-13(8-10)20-7-6-19-11/h2-5,8-9H,6-7H2,1H3,(H,17,18). The predicted octanol–water partition coefficient (Wildman–Crippen LogP) is 3.30. The number of ether oxygens (including phenoxy) is 2. The molecule has 3 rings (SSSR count). The van der Waals surface area contributed by atoms with Gasteiger partial charge in [-0.3, -0.25) is 4.79 Å². The van der Waals surface area contributed by atoms with Gasteiger partial charge in [-0.2, -0.15) is 0 Å². The van der Waals surface area contributed by atoms with E-state index in [-0.39, 0.29) is 17.7 Å². The molecule has 1 aromatic carbocycles. The van der Waals surface area contributed by atoms with Crippen LogP contribution < -0.4 is 14.8 Å². The fourth-order valence-corrected chi connectivity index (χ4v) is 2.42. The first-order valence-electron chi connectivity index (χ1n) is 6.59. The number of carbonyl (C=O) groups is 1. The molecular formula is C15H14BrNO4. The van der Waals surface area contributed by atoms with E-state index in [1.807, 2.05) is 25.1 Å². The van der Waals surface area contributed by atoms with Gasteiger partial charge in [0, 0.05) is 0 Å². The lowest BCUT2D eigenvalue weighted by Crippen LogP contribution is -2.26. The van der Waals surface area contributed by atoms with Crippen LogP contribution in [0.3, 0.4) is 0 Å². The molecule has 0 radical (unpaired) electrons. The molecule has 0 fully saturated rings. The summed E-state index contributed by atoms with van der Waals surface area (Å²) in [5.74, 6) is 1.45. The molecule has 1 N–H and O–H groups in total. The van der Waals surface area contributed by atoms with Crippen LogP contribution in [0, 0.1) is 0 Å². The Morgan fingerprint density at radius 1 is 1.19 bits per heavy atom. The molecule has 110 valence electrons. The summed E-state index contributed by atoms with van der Waals surface area (Å²) < 4.78 is 16.8. The van der Waals surface area contributed by atoms with Crippen molar-refractivity contribution in [3.8, 4) is 11.5 Å². The number of furan rings is 1. The minimum Gasteiger partial charge on any atom is -0.486 e. The number of hydrogen-bond donors (Lipinski definition) is 1. The number of carbonyl (C=O) groups excluding carboxylic acids is 1. The van der Waals surface area contributed by atoms with Crippen molar-refractivity contribution < 1.29 is 18.7 Å². The SMILES string of the molecule is CC(NC(=O)c1ccc(Br)o1)c1ccc2c(c1)OCCO2. The van der Waals surface area contributed by atoms with Crippen molar-refractivity contribution >= 4 is 21.8 Å². The Hall–Kier alpha value is -1.95. The lowest BCUT2D eigenvalue weighted by atomic mass is 10.1. The maximum absolute atomic E-state index is 12.0. The summed E-state index contributed by atoms with van der Waals surface area (Å²) in [5.41, 5.74) is 0.943. The zero-order valence-corrected chi connectivity index (χ0v) is 13.0. The number of amides is 1. The maximum Gasteiger partial charge on any atom is 0.287 e. The van der Waals surface area contributed by atoms with Crippen LogP contribution >= 0.6 is 15.9 Å². The minimum absolute atomic E-state index is 0.169. The average molecular weight is 352 g/mol. The minimum atomic E-state index is -0.261. The topological polar surface area (TPSA) is 60.7 Å². The molecule has 21 heavy (non-hydrogen) atoms. The first kappa shape index (κ1) is 14.0. The van der Waals surface area contributed by atoms with Gasteiger partial charge in [-0.1, -0.05) is 6.07 Å². The van der Waals surface area contributed by atoms with Crippen LogP contribution in [-0.2, 0) is 0 Å². The second kappa shape index (κ2) is 5.81. The molecule has 2 heterocycles. The van der Waals surface area contributed by atoms with E-state index < -0.39 is 0 Å². The van der Waals surface area contributed by atoms with Crippen LogP contribution in [0.4, 0.5) is 0 Å². The molecule has 1 aromatic heterocycles. The number of fused-ring (bicyclic) bond motifs is 1. The molecule has 0 saturated heterocycles. The van der Waals surface area contributed by atoms with Gasteiger partial charge in [0.25, 0.3) is 5.91 Å². The van der Waals surface area contributed by atoms with Gasteiger partial charge in [0.2, 0.25) is 0 Å². The van der Waals surface area contributed by atoms with Gasteiger partial charge < -0.3 is 19.2 Å². The van der Waals surface area contributed by atoms with Crippen LogP contribution in [0.25, 0.3) is 0 Å².